The number of ketones is 1. The van der Waals surface area contributed by atoms with Crippen LogP contribution in [0.15, 0.2) is 16.7 Å². The zero-order chi connectivity index (χ0) is 20.3. The number of ether oxygens (including phenoxy) is 2. The summed E-state index contributed by atoms with van der Waals surface area (Å²) in [4.78, 5) is 38.4. The molecule has 2 atom stereocenters. The number of thioether (sulfide) groups is 1. The number of carbonyl (C=O) groups excluding carboxylic acids is 3. The molecule has 9 heteroatoms. The molecule has 1 aliphatic heterocycles. The summed E-state index contributed by atoms with van der Waals surface area (Å²) in [6, 6.07) is 0. The van der Waals surface area contributed by atoms with E-state index in [4.69, 9.17) is 14.7 Å². The van der Waals surface area contributed by atoms with E-state index in [-0.39, 0.29) is 30.0 Å². The highest BCUT2D eigenvalue weighted by atomic mass is 32.2. The minimum Gasteiger partial charge on any atom is -0.496 e. The van der Waals surface area contributed by atoms with Crippen LogP contribution in [0.2, 0.25) is 0 Å². The van der Waals surface area contributed by atoms with Crippen LogP contribution in [-0.2, 0) is 19.1 Å². The van der Waals surface area contributed by atoms with Crippen molar-refractivity contribution in [1.82, 2.24) is 0 Å². The molecule has 0 saturated heterocycles. The van der Waals surface area contributed by atoms with Gasteiger partial charge >= 0.3 is 5.97 Å². The van der Waals surface area contributed by atoms with Crippen LogP contribution in [0, 0.1) is 23.5 Å². The van der Waals surface area contributed by atoms with Gasteiger partial charge in [0.05, 0.1) is 23.7 Å². The zero-order valence-corrected chi connectivity index (χ0v) is 17.2. The third-order valence-electron chi connectivity index (χ3n) is 4.84. The normalized spacial score (nSPS) is 21.0. The second-order valence-corrected chi connectivity index (χ2v) is 8.36. The number of nitrogens with zero attached hydrogens (tertiary/aromatic N) is 1. The van der Waals surface area contributed by atoms with E-state index in [0.717, 1.165) is 48.8 Å². The Bertz CT molecular complexity index is 884. The molecule has 0 radical (unpaired) electrons. The minimum atomic E-state index is -0.592. The number of Topliss-reactive ketones (excluding diaryl/α,β-unsaturated/α-hetero) is 1. The second kappa shape index (κ2) is 8.80. The second-order valence-electron chi connectivity index (χ2n) is 6.54. The predicted molar refractivity (Wildman–Crippen MR) is 105 cm³/mol. The maximum atomic E-state index is 12.7. The number of fused-ring (bicyclic) bond motifs is 1. The number of nitrogens with one attached hydrogen (secondary N) is 1. The molecule has 7 nitrogen and oxygen atoms in total. The van der Waals surface area contributed by atoms with Crippen molar-refractivity contribution in [3.8, 4) is 5.40 Å². The first-order valence-corrected chi connectivity index (χ1v) is 10.7. The standard InChI is InChI=1S/C19H20N2O5S2/c1-3-25-19(24)16-10(2)15(27-9-20)18(28-16)21-17(23)12-8-26-13-7-5-4-6-11(13)14(12)22/h8,11,13H,3-7H2,1-2H3,(H,21,23). The fraction of sp³-hybridized carbons (Fsp3) is 0.474. The van der Waals surface area contributed by atoms with Gasteiger partial charge in [-0.15, -0.1) is 11.3 Å². The van der Waals surface area contributed by atoms with Gasteiger partial charge in [-0.2, -0.15) is 5.26 Å². The van der Waals surface area contributed by atoms with Gasteiger partial charge in [-0.25, -0.2) is 4.79 Å². The van der Waals surface area contributed by atoms with Gasteiger partial charge in [0.15, 0.2) is 5.78 Å². The minimum absolute atomic E-state index is 0.0280. The third-order valence-corrected chi connectivity index (χ3v) is 6.96. The summed E-state index contributed by atoms with van der Waals surface area (Å²) < 4.78 is 10.7. The Morgan fingerprint density at radius 3 is 2.89 bits per heavy atom. The number of anilines is 1. The van der Waals surface area contributed by atoms with Crippen LogP contribution >= 0.6 is 23.1 Å². The summed E-state index contributed by atoms with van der Waals surface area (Å²) in [5.74, 6) is -1.59. The number of nitriles is 1. The molecular weight excluding hydrogens is 400 g/mol. The molecule has 2 aliphatic rings. The Morgan fingerprint density at radius 1 is 1.43 bits per heavy atom. The van der Waals surface area contributed by atoms with Gasteiger partial charge in [-0.05, 0) is 50.4 Å². The van der Waals surface area contributed by atoms with Crippen molar-refractivity contribution < 1.29 is 23.9 Å². The van der Waals surface area contributed by atoms with Crippen molar-refractivity contribution >= 4 is 45.8 Å². The first kappa shape index (κ1) is 20.4. The van der Waals surface area contributed by atoms with E-state index in [9.17, 15) is 14.4 Å². The van der Waals surface area contributed by atoms with Crippen LogP contribution in [0.1, 0.15) is 47.8 Å². The average molecular weight is 421 g/mol. The Labute approximate surface area is 171 Å². The highest BCUT2D eigenvalue weighted by Gasteiger charge is 2.39. The monoisotopic (exact) mass is 420 g/mol. The number of esters is 1. The third kappa shape index (κ3) is 3.93. The van der Waals surface area contributed by atoms with Crippen molar-refractivity contribution in [2.24, 2.45) is 5.92 Å². The molecule has 1 aromatic heterocycles. The highest BCUT2D eigenvalue weighted by molar-refractivity contribution is 8.04. The number of hydrogen-bond donors (Lipinski definition) is 1. The predicted octanol–water partition coefficient (Wildman–Crippen LogP) is 3.79. The number of rotatable bonds is 5. The lowest BCUT2D eigenvalue weighted by atomic mass is 9.80. The van der Waals surface area contributed by atoms with Crippen LogP contribution in [0.4, 0.5) is 5.00 Å². The van der Waals surface area contributed by atoms with Crippen molar-refractivity contribution in [3.05, 3.63) is 22.3 Å². The summed E-state index contributed by atoms with van der Waals surface area (Å²) in [5, 5.41) is 14.1. The van der Waals surface area contributed by atoms with E-state index in [1.54, 1.807) is 13.8 Å². The summed E-state index contributed by atoms with van der Waals surface area (Å²) in [6.45, 7) is 3.62. The summed E-state index contributed by atoms with van der Waals surface area (Å²) >= 11 is 1.88. The average Bonchev–Trinajstić information content (AvgIpc) is 2.98. The van der Waals surface area contributed by atoms with E-state index in [1.807, 2.05) is 5.40 Å². The molecule has 0 spiro atoms. The quantitative estimate of drug-likeness (QED) is 0.334. The maximum Gasteiger partial charge on any atom is 0.348 e. The summed E-state index contributed by atoms with van der Waals surface area (Å²) in [7, 11) is 0. The largest absolute Gasteiger partial charge is 0.496 e. The number of amides is 1. The lowest BCUT2D eigenvalue weighted by Gasteiger charge is -2.33. The fourth-order valence-electron chi connectivity index (χ4n) is 3.45. The van der Waals surface area contributed by atoms with E-state index in [2.05, 4.69) is 5.32 Å². The van der Waals surface area contributed by atoms with Gasteiger partial charge in [0.2, 0.25) is 0 Å². The molecule has 2 unspecified atom stereocenters. The molecule has 1 fully saturated rings. The van der Waals surface area contributed by atoms with E-state index >= 15 is 0 Å². The van der Waals surface area contributed by atoms with E-state index < -0.39 is 11.9 Å². The van der Waals surface area contributed by atoms with Crippen molar-refractivity contribution in [2.75, 3.05) is 11.9 Å². The topological polar surface area (TPSA) is 105 Å². The number of thiocyanates is 1. The highest BCUT2D eigenvalue weighted by Crippen LogP contribution is 2.41. The SMILES string of the molecule is CCOC(=O)c1sc(NC(=O)C2=COC3CCCCC3C2=O)c(SC#N)c1C. The summed E-state index contributed by atoms with van der Waals surface area (Å²) in [5.41, 5.74) is 0.539. The molecule has 1 saturated carbocycles. The Kier molecular flexibility index (Phi) is 6.42. The van der Waals surface area contributed by atoms with Crippen LogP contribution in [0.5, 0.6) is 0 Å². The van der Waals surface area contributed by atoms with Gasteiger partial charge in [-0.1, -0.05) is 6.42 Å². The van der Waals surface area contributed by atoms with E-state index in [1.165, 1.54) is 6.26 Å². The number of carbonyl (C=O) groups is 3. The van der Waals surface area contributed by atoms with Gasteiger partial charge in [0, 0.05) is 0 Å². The van der Waals surface area contributed by atoms with Gasteiger partial charge in [0.25, 0.3) is 5.91 Å². The molecule has 3 rings (SSSR count). The van der Waals surface area contributed by atoms with E-state index in [0.29, 0.717) is 20.3 Å². The van der Waals surface area contributed by atoms with Crippen LogP contribution in [-0.4, -0.2) is 30.4 Å². The van der Waals surface area contributed by atoms with Crippen molar-refractivity contribution in [1.29, 1.82) is 5.26 Å². The molecule has 1 aliphatic carbocycles. The molecule has 148 valence electrons. The van der Waals surface area contributed by atoms with Gasteiger partial charge in [-0.3, -0.25) is 9.59 Å². The fourth-order valence-corrected chi connectivity index (χ4v) is 5.25. The lowest BCUT2D eigenvalue weighted by Crippen LogP contribution is -2.39. The van der Waals surface area contributed by atoms with Gasteiger partial charge < -0.3 is 14.8 Å². The first-order valence-electron chi connectivity index (χ1n) is 9.05. The Hall–Kier alpha value is -2.31. The molecule has 0 aromatic carbocycles. The maximum absolute atomic E-state index is 12.7. The van der Waals surface area contributed by atoms with Gasteiger partial charge in [0.1, 0.15) is 27.0 Å². The molecular formula is C19H20N2O5S2. The Morgan fingerprint density at radius 2 is 2.18 bits per heavy atom. The van der Waals surface area contributed by atoms with Crippen molar-refractivity contribution in [2.45, 2.75) is 50.5 Å². The molecule has 1 aromatic rings. The molecule has 28 heavy (non-hydrogen) atoms. The first-order chi connectivity index (χ1) is 13.5. The smallest absolute Gasteiger partial charge is 0.348 e. The van der Waals surface area contributed by atoms with Crippen molar-refractivity contribution in [3.63, 3.8) is 0 Å². The number of thiophene rings is 1. The molecule has 0 bridgehead atoms. The van der Waals surface area contributed by atoms with Crippen LogP contribution in [0.3, 0.4) is 0 Å². The zero-order valence-electron chi connectivity index (χ0n) is 15.6. The van der Waals surface area contributed by atoms with Crippen LogP contribution < -0.4 is 5.32 Å². The summed E-state index contributed by atoms with van der Waals surface area (Å²) in [6.07, 6.45) is 4.59. The molecule has 1 amide bonds. The Balaban J connectivity index is 1.84. The lowest BCUT2D eigenvalue weighted by molar-refractivity contribution is -0.129. The van der Waals surface area contributed by atoms with Crippen LogP contribution in [0.25, 0.3) is 0 Å². The molecule has 2 heterocycles. The number of hydrogen-bond acceptors (Lipinski definition) is 8. The molecule has 1 N–H and O–H groups in total.